The number of aliphatic carboxylic acids is 1. The molecule has 5 aliphatic rings. The average Bonchev–Trinajstić information content (AvgIpc) is 3.17. The number of ether oxygens (including phenoxy) is 2. The molecule has 2 atom stereocenters. The molecule has 168 valence electrons. The van der Waals surface area contributed by atoms with Gasteiger partial charge in [0.15, 0.2) is 11.5 Å². The molecule has 0 saturated heterocycles. The smallest absolute Gasteiger partial charge is 0.303 e. The molecule has 4 bridgehead atoms. The lowest BCUT2D eigenvalue weighted by Crippen LogP contribution is -2.59. The van der Waals surface area contributed by atoms with Crippen molar-refractivity contribution in [1.29, 1.82) is 0 Å². The minimum Gasteiger partial charge on any atom is -0.481 e. The maximum Gasteiger partial charge on any atom is 0.303 e. The van der Waals surface area contributed by atoms with Crippen molar-refractivity contribution in [2.24, 2.45) is 17.3 Å². The molecule has 0 amide bonds. The molecular weight excluding hydrogens is 434 g/mol. The van der Waals surface area contributed by atoms with Gasteiger partial charge in [-0.1, -0.05) is 11.6 Å². The molecule has 1 aliphatic heterocycles. The Bertz CT molecular complexity index is 1160. The molecule has 0 radical (unpaired) electrons. The maximum absolute atomic E-state index is 13.4. The fraction of sp³-hybridized carbons (Fsp3) is 0.522. The number of carboxylic acid groups (broad SMARTS) is 1. The number of hydrogen-bond acceptors (Lipinski definition) is 6. The molecule has 7 rings (SSSR count). The van der Waals surface area contributed by atoms with Crippen LogP contribution in [0, 0.1) is 17.3 Å². The molecule has 32 heavy (non-hydrogen) atoms. The van der Waals surface area contributed by atoms with Gasteiger partial charge in [-0.15, -0.1) is 0 Å². The number of carbonyl (C=O) groups is 1. The molecule has 4 aliphatic carbocycles. The number of nitrogens with one attached hydrogen (secondary N) is 1. The fourth-order valence-corrected chi connectivity index (χ4v) is 7.34. The number of fused-ring (bicyclic) bond motifs is 1. The first-order valence-corrected chi connectivity index (χ1v) is 11.4. The fourth-order valence-electron chi connectivity index (χ4n) is 7.16. The van der Waals surface area contributed by atoms with Crippen molar-refractivity contribution >= 4 is 28.9 Å². The molecule has 2 heterocycles. The minimum atomic E-state index is -0.760. The molecule has 1 aromatic heterocycles. The summed E-state index contributed by atoms with van der Waals surface area (Å²) in [6.07, 6.45) is 7.15. The second kappa shape index (κ2) is 6.88. The summed E-state index contributed by atoms with van der Waals surface area (Å²) in [5.41, 5.74) is 0.122. The number of halogens is 1. The van der Waals surface area contributed by atoms with E-state index in [0.717, 1.165) is 32.1 Å². The van der Waals surface area contributed by atoms with Gasteiger partial charge in [0.2, 0.25) is 6.79 Å². The summed E-state index contributed by atoms with van der Waals surface area (Å²) in [5, 5.41) is 17.3. The van der Waals surface area contributed by atoms with Crippen LogP contribution in [-0.4, -0.2) is 27.6 Å². The standard InChI is InChI=1S/C23H24ClN3O5/c24-20-16(26-15-1-2-17-18(4-15)32-12-31-17)10-25-27(21(20)30)23-7-13-3-14(8-23)6-22(5-13,11-23)9-19(28)29/h1-2,4,10,13-14,26H,3,5-9,11-12H2,(H,28,29)/t13-,14-,22?,23?/m1/s1. The Labute approximate surface area is 189 Å². The van der Waals surface area contributed by atoms with Crippen LogP contribution in [0.3, 0.4) is 0 Å². The highest BCUT2D eigenvalue weighted by molar-refractivity contribution is 6.33. The van der Waals surface area contributed by atoms with Gasteiger partial charge in [0, 0.05) is 11.8 Å². The topological polar surface area (TPSA) is 103 Å². The highest BCUT2D eigenvalue weighted by atomic mass is 35.5. The predicted molar refractivity (Wildman–Crippen MR) is 117 cm³/mol. The van der Waals surface area contributed by atoms with Crippen molar-refractivity contribution in [2.45, 2.75) is 50.5 Å². The first-order valence-electron chi connectivity index (χ1n) is 11.0. The molecule has 0 spiro atoms. The molecule has 1 aromatic carbocycles. The van der Waals surface area contributed by atoms with Crippen molar-refractivity contribution < 1.29 is 19.4 Å². The first kappa shape index (κ1) is 19.9. The quantitative estimate of drug-likeness (QED) is 0.695. The highest BCUT2D eigenvalue weighted by Gasteiger charge is 2.59. The number of carboxylic acids is 1. The van der Waals surface area contributed by atoms with Crippen molar-refractivity contribution in [3.05, 3.63) is 39.8 Å². The molecule has 4 saturated carbocycles. The van der Waals surface area contributed by atoms with Crippen molar-refractivity contribution in [2.75, 3.05) is 12.1 Å². The van der Waals surface area contributed by atoms with E-state index in [4.69, 9.17) is 21.1 Å². The predicted octanol–water partition coefficient (Wildman–Crippen LogP) is 4.14. The normalized spacial score (nSPS) is 31.7. The molecule has 4 fully saturated rings. The van der Waals surface area contributed by atoms with Crippen molar-refractivity contribution in [1.82, 2.24) is 9.78 Å². The Morgan fingerprint density at radius 2 is 1.97 bits per heavy atom. The highest BCUT2D eigenvalue weighted by Crippen LogP contribution is 2.65. The van der Waals surface area contributed by atoms with Gasteiger partial charge >= 0.3 is 5.97 Å². The third-order valence-electron chi connectivity index (χ3n) is 7.70. The zero-order valence-electron chi connectivity index (χ0n) is 17.5. The lowest BCUT2D eigenvalue weighted by molar-refractivity contribution is -0.151. The summed E-state index contributed by atoms with van der Waals surface area (Å²) < 4.78 is 12.3. The number of aromatic nitrogens is 2. The monoisotopic (exact) mass is 457 g/mol. The maximum atomic E-state index is 13.4. The summed E-state index contributed by atoms with van der Waals surface area (Å²) in [6.45, 7) is 0.185. The van der Waals surface area contributed by atoms with E-state index in [9.17, 15) is 14.7 Å². The van der Waals surface area contributed by atoms with Gasteiger partial charge in [-0.3, -0.25) is 9.59 Å². The molecule has 9 heteroatoms. The second-order valence-electron chi connectivity index (χ2n) is 10.0. The van der Waals surface area contributed by atoms with Crippen molar-refractivity contribution in [3.8, 4) is 11.5 Å². The number of hydrogen-bond donors (Lipinski definition) is 2. The Kier molecular flexibility index (Phi) is 4.28. The zero-order valence-corrected chi connectivity index (χ0v) is 18.2. The van der Waals surface area contributed by atoms with E-state index in [1.807, 2.05) is 6.07 Å². The summed E-state index contributed by atoms with van der Waals surface area (Å²) in [6, 6.07) is 5.41. The third kappa shape index (κ3) is 3.07. The van der Waals surface area contributed by atoms with Gasteiger partial charge in [-0.25, -0.2) is 4.68 Å². The number of nitrogens with zero attached hydrogens (tertiary/aromatic N) is 2. The second-order valence-corrected chi connectivity index (χ2v) is 10.4. The minimum absolute atomic E-state index is 0.0840. The third-order valence-corrected chi connectivity index (χ3v) is 8.06. The van der Waals surface area contributed by atoms with E-state index in [2.05, 4.69) is 10.4 Å². The van der Waals surface area contributed by atoms with Crippen LogP contribution in [0.5, 0.6) is 11.5 Å². The number of rotatable bonds is 5. The molecule has 2 aromatic rings. The van der Waals surface area contributed by atoms with Gasteiger partial charge in [0.1, 0.15) is 5.02 Å². The van der Waals surface area contributed by atoms with Gasteiger partial charge < -0.3 is 19.9 Å². The largest absolute Gasteiger partial charge is 0.481 e. The van der Waals surface area contributed by atoms with Crippen LogP contribution >= 0.6 is 11.6 Å². The SMILES string of the molecule is O=C(O)CC12C[C@H]3C[C@H](C1)CC(n1ncc(Nc4ccc5c(c4)OCO5)c(Cl)c1=O)(C3)C2. The summed E-state index contributed by atoms with van der Waals surface area (Å²) in [7, 11) is 0. The van der Waals surface area contributed by atoms with Gasteiger partial charge in [-0.05, 0) is 67.9 Å². The lowest BCUT2D eigenvalue weighted by atomic mass is 9.46. The number of benzene rings is 1. The molecular formula is C23H24ClN3O5. The van der Waals surface area contributed by atoms with Crippen LogP contribution in [0.1, 0.15) is 44.9 Å². The van der Waals surface area contributed by atoms with Crippen LogP contribution in [-0.2, 0) is 10.3 Å². The summed E-state index contributed by atoms with van der Waals surface area (Å²) in [5.74, 6) is 1.42. The van der Waals surface area contributed by atoms with E-state index in [1.165, 1.54) is 0 Å². The zero-order chi connectivity index (χ0) is 22.1. The molecule has 8 nitrogen and oxygen atoms in total. The van der Waals surface area contributed by atoms with E-state index >= 15 is 0 Å². The first-order chi connectivity index (χ1) is 15.3. The van der Waals surface area contributed by atoms with Crippen LogP contribution in [0.15, 0.2) is 29.2 Å². The average molecular weight is 458 g/mol. The van der Waals surface area contributed by atoms with Crippen LogP contribution in [0.25, 0.3) is 0 Å². The van der Waals surface area contributed by atoms with Crippen molar-refractivity contribution in [3.63, 3.8) is 0 Å². The van der Waals surface area contributed by atoms with Crippen LogP contribution < -0.4 is 20.3 Å². The van der Waals surface area contributed by atoms with E-state index in [1.54, 1.807) is 23.0 Å². The Morgan fingerprint density at radius 1 is 1.22 bits per heavy atom. The lowest BCUT2D eigenvalue weighted by Gasteiger charge is -2.61. The van der Waals surface area contributed by atoms with Gasteiger partial charge in [0.25, 0.3) is 5.56 Å². The molecule has 2 N–H and O–H groups in total. The Morgan fingerprint density at radius 3 is 2.72 bits per heavy atom. The van der Waals surface area contributed by atoms with Crippen LogP contribution in [0.2, 0.25) is 5.02 Å². The summed E-state index contributed by atoms with van der Waals surface area (Å²) >= 11 is 6.54. The van der Waals surface area contributed by atoms with E-state index in [0.29, 0.717) is 41.1 Å². The van der Waals surface area contributed by atoms with Gasteiger partial charge in [0.05, 0.1) is 23.8 Å². The molecule has 0 unspecified atom stereocenters. The van der Waals surface area contributed by atoms with Crippen LogP contribution in [0.4, 0.5) is 11.4 Å². The number of anilines is 2. The Balaban J connectivity index is 1.33. The summed E-state index contributed by atoms with van der Waals surface area (Å²) in [4.78, 5) is 25.0. The van der Waals surface area contributed by atoms with E-state index < -0.39 is 11.5 Å². The van der Waals surface area contributed by atoms with Gasteiger partial charge in [-0.2, -0.15) is 5.10 Å². The Hall–Kier alpha value is -2.74. The van der Waals surface area contributed by atoms with E-state index in [-0.39, 0.29) is 29.2 Å².